The van der Waals surface area contributed by atoms with E-state index in [1.54, 1.807) is 0 Å². The summed E-state index contributed by atoms with van der Waals surface area (Å²) in [6, 6.07) is 0. The summed E-state index contributed by atoms with van der Waals surface area (Å²) >= 11 is 0. The van der Waals surface area contributed by atoms with Crippen LogP contribution >= 0.6 is 0 Å². The number of oxazole rings is 1. The van der Waals surface area contributed by atoms with Crippen LogP contribution in [0.15, 0.2) is 10.6 Å². The van der Waals surface area contributed by atoms with Crippen molar-refractivity contribution in [1.82, 2.24) is 9.88 Å². The molecule has 0 spiro atoms. The zero-order valence-corrected chi connectivity index (χ0v) is 9.98. The first-order chi connectivity index (χ1) is 7.78. The highest BCUT2D eigenvalue weighted by atomic mass is 16.4. The third-order valence-electron chi connectivity index (χ3n) is 3.41. The van der Waals surface area contributed by atoms with Gasteiger partial charge in [-0.15, -0.1) is 0 Å². The summed E-state index contributed by atoms with van der Waals surface area (Å²) in [7, 11) is 2.19. The summed E-state index contributed by atoms with van der Waals surface area (Å²) in [4.78, 5) is 6.51. The summed E-state index contributed by atoms with van der Waals surface area (Å²) in [6.45, 7) is 2.86. The quantitative estimate of drug-likeness (QED) is 0.838. The second kappa shape index (κ2) is 5.46. The number of hydrogen-bond donors (Lipinski definition) is 1. The Hall–Kier alpha value is -0.870. The normalized spacial score (nSPS) is 19.1. The molecule has 2 heterocycles. The molecule has 1 aromatic rings. The number of aryl methyl sites for hydroxylation is 1. The van der Waals surface area contributed by atoms with Crippen molar-refractivity contribution < 1.29 is 4.42 Å². The molecular formula is C12H21N3O. The Morgan fingerprint density at radius 3 is 2.88 bits per heavy atom. The van der Waals surface area contributed by atoms with Gasteiger partial charge in [0.1, 0.15) is 5.76 Å². The highest BCUT2D eigenvalue weighted by Crippen LogP contribution is 2.21. The first kappa shape index (κ1) is 11.6. The van der Waals surface area contributed by atoms with E-state index in [-0.39, 0.29) is 0 Å². The largest absolute Gasteiger partial charge is 0.444 e. The lowest BCUT2D eigenvalue weighted by Crippen LogP contribution is -2.30. The molecule has 1 aliphatic rings. The predicted octanol–water partition coefficient (Wildman–Crippen LogP) is 1.41. The van der Waals surface area contributed by atoms with Crippen molar-refractivity contribution in [3.05, 3.63) is 17.8 Å². The standard InChI is InChI=1S/C12H21N3O/c1-15-6-4-10(5-7-15)2-3-11-9-14-12(8-13)16-11/h9-10H,2-8,13H2,1H3. The molecule has 1 fully saturated rings. The van der Waals surface area contributed by atoms with Crippen molar-refractivity contribution in [3.63, 3.8) is 0 Å². The fourth-order valence-electron chi connectivity index (χ4n) is 2.26. The van der Waals surface area contributed by atoms with E-state index < -0.39 is 0 Å². The third kappa shape index (κ3) is 3.06. The van der Waals surface area contributed by atoms with Gasteiger partial charge in [0.15, 0.2) is 0 Å². The average molecular weight is 223 g/mol. The van der Waals surface area contributed by atoms with E-state index in [1.807, 2.05) is 6.20 Å². The Bertz CT molecular complexity index is 316. The van der Waals surface area contributed by atoms with Gasteiger partial charge in [-0.2, -0.15) is 0 Å². The van der Waals surface area contributed by atoms with Crippen LogP contribution in [0.2, 0.25) is 0 Å². The molecule has 2 rings (SSSR count). The lowest BCUT2D eigenvalue weighted by molar-refractivity contribution is 0.210. The summed E-state index contributed by atoms with van der Waals surface area (Å²) in [5, 5.41) is 0. The van der Waals surface area contributed by atoms with Gasteiger partial charge in [0, 0.05) is 6.42 Å². The van der Waals surface area contributed by atoms with E-state index in [0.717, 1.165) is 18.1 Å². The summed E-state index contributed by atoms with van der Waals surface area (Å²) in [6.07, 6.45) is 6.66. The molecule has 2 N–H and O–H groups in total. The van der Waals surface area contributed by atoms with E-state index in [1.165, 1.54) is 32.4 Å². The maximum absolute atomic E-state index is 5.50. The van der Waals surface area contributed by atoms with Crippen LogP contribution in [0.4, 0.5) is 0 Å². The predicted molar refractivity (Wildman–Crippen MR) is 62.9 cm³/mol. The smallest absolute Gasteiger partial charge is 0.208 e. The van der Waals surface area contributed by atoms with Gasteiger partial charge in [-0.1, -0.05) is 0 Å². The minimum atomic E-state index is 0.397. The van der Waals surface area contributed by atoms with Crippen LogP contribution in [0, 0.1) is 5.92 Å². The Balaban J connectivity index is 1.74. The van der Waals surface area contributed by atoms with Crippen LogP contribution in [0.3, 0.4) is 0 Å². The molecule has 16 heavy (non-hydrogen) atoms. The van der Waals surface area contributed by atoms with Gasteiger partial charge in [0.2, 0.25) is 5.89 Å². The fraction of sp³-hybridized carbons (Fsp3) is 0.750. The fourth-order valence-corrected chi connectivity index (χ4v) is 2.26. The van der Waals surface area contributed by atoms with Gasteiger partial charge >= 0.3 is 0 Å². The molecule has 4 heteroatoms. The number of aromatic nitrogens is 1. The van der Waals surface area contributed by atoms with Crippen LogP contribution in [-0.2, 0) is 13.0 Å². The minimum absolute atomic E-state index is 0.397. The van der Waals surface area contributed by atoms with Gasteiger partial charge in [-0.3, -0.25) is 0 Å². The van der Waals surface area contributed by atoms with Crippen molar-refractivity contribution in [2.75, 3.05) is 20.1 Å². The number of likely N-dealkylation sites (tertiary alicyclic amines) is 1. The van der Waals surface area contributed by atoms with E-state index in [4.69, 9.17) is 10.2 Å². The number of nitrogens with zero attached hydrogens (tertiary/aromatic N) is 2. The molecule has 0 unspecified atom stereocenters. The molecule has 90 valence electrons. The van der Waals surface area contributed by atoms with Gasteiger partial charge in [0.05, 0.1) is 12.7 Å². The highest BCUT2D eigenvalue weighted by Gasteiger charge is 2.16. The van der Waals surface area contributed by atoms with Crippen LogP contribution in [0.5, 0.6) is 0 Å². The molecule has 0 atom stereocenters. The van der Waals surface area contributed by atoms with Crippen molar-refractivity contribution in [3.8, 4) is 0 Å². The highest BCUT2D eigenvalue weighted by molar-refractivity contribution is 4.94. The van der Waals surface area contributed by atoms with Crippen LogP contribution in [0.25, 0.3) is 0 Å². The summed E-state index contributed by atoms with van der Waals surface area (Å²) < 4.78 is 5.50. The van der Waals surface area contributed by atoms with Gasteiger partial charge in [0.25, 0.3) is 0 Å². The van der Waals surface area contributed by atoms with E-state index in [2.05, 4.69) is 16.9 Å². The molecule has 0 saturated carbocycles. The Kier molecular flexibility index (Phi) is 3.96. The SMILES string of the molecule is CN1CCC(CCc2cnc(CN)o2)CC1. The van der Waals surface area contributed by atoms with Crippen molar-refractivity contribution in [2.24, 2.45) is 11.7 Å². The Labute approximate surface area is 96.8 Å². The average Bonchev–Trinajstić information content (AvgIpc) is 2.76. The van der Waals surface area contributed by atoms with Gasteiger partial charge < -0.3 is 15.1 Å². The second-order valence-corrected chi connectivity index (χ2v) is 4.71. The number of piperidine rings is 1. The zero-order valence-electron chi connectivity index (χ0n) is 9.98. The van der Waals surface area contributed by atoms with E-state index >= 15 is 0 Å². The first-order valence-electron chi connectivity index (χ1n) is 6.10. The first-order valence-corrected chi connectivity index (χ1v) is 6.10. The summed E-state index contributed by atoms with van der Waals surface area (Å²) in [5.74, 6) is 2.49. The molecule has 0 aromatic carbocycles. The minimum Gasteiger partial charge on any atom is -0.444 e. The molecule has 1 aliphatic heterocycles. The molecular weight excluding hydrogens is 202 g/mol. The molecule has 0 aliphatic carbocycles. The molecule has 0 bridgehead atoms. The second-order valence-electron chi connectivity index (χ2n) is 4.71. The van der Waals surface area contributed by atoms with Crippen LogP contribution in [0.1, 0.15) is 30.9 Å². The molecule has 0 amide bonds. The third-order valence-corrected chi connectivity index (χ3v) is 3.41. The number of nitrogens with two attached hydrogens (primary N) is 1. The summed E-state index contributed by atoms with van der Waals surface area (Å²) in [5.41, 5.74) is 5.46. The number of hydrogen-bond acceptors (Lipinski definition) is 4. The Morgan fingerprint density at radius 1 is 1.50 bits per heavy atom. The van der Waals surface area contributed by atoms with Crippen molar-refractivity contribution in [2.45, 2.75) is 32.2 Å². The van der Waals surface area contributed by atoms with Crippen molar-refractivity contribution in [1.29, 1.82) is 0 Å². The lowest BCUT2D eigenvalue weighted by Gasteiger charge is -2.28. The van der Waals surface area contributed by atoms with Crippen LogP contribution < -0.4 is 5.73 Å². The van der Waals surface area contributed by atoms with Gasteiger partial charge in [-0.05, 0) is 45.3 Å². The lowest BCUT2D eigenvalue weighted by atomic mass is 9.92. The number of rotatable bonds is 4. The van der Waals surface area contributed by atoms with E-state index in [9.17, 15) is 0 Å². The van der Waals surface area contributed by atoms with Gasteiger partial charge in [-0.25, -0.2) is 4.98 Å². The topological polar surface area (TPSA) is 55.3 Å². The monoisotopic (exact) mass is 223 g/mol. The molecule has 4 nitrogen and oxygen atoms in total. The van der Waals surface area contributed by atoms with Crippen molar-refractivity contribution >= 4 is 0 Å². The molecule has 1 saturated heterocycles. The zero-order chi connectivity index (χ0) is 11.4. The Morgan fingerprint density at radius 2 is 2.25 bits per heavy atom. The van der Waals surface area contributed by atoms with E-state index in [0.29, 0.717) is 12.4 Å². The van der Waals surface area contributed by atoms with Crippen LogP contribution in [-0.4, -0.2) is 30.0 Å². The molecule has 0 radical (unpaired) electrons. The maximum Gasteiger partial charge on any atom is 0.208 e. The maximum atomic E-state index is 5.50. The molecule has 1 aromatic heterocycles.